The monoisotopic (exact) mass is 409 g/mol. The van der Waals surface area contributed by atoms with Gasteiger partial charge < -0.3 is 9.47 Å². The molecule has 1 N–H and O–H groups in total. The number of hydrogen-bond acceptors (Lipinski definition) is 6. The zero-order valence-corrected chi connectivity index (χ0v) is 18.0. The molecule has 0 radical (unpaired) electrons. The Bertz CT molecular complexity index is 939. The molecule has 0 amide bonds. The van der Waals surface area contributed by atoms with E-state index in [1.54, 1.807) is 17.6 Å². The molecular weight excluding hydrogens is 382 g/mol. The van der Waals surface area contributed by atoms with E-state index in [1.165, 1.54) is 0 Å². The van der Waals surface area contributed by atoms with E-state index in [9.17, 15) is 0 Å². The van der Waals surface area contributed by atoms with E-state index in [0.717, 1.165) is 51.2 Å². The number of nitrogens with one attached hydrogen (secondary N) is 1. The van der Waals surface area contributed by atoms with Gasteiger partial charge in [0.25, 0.3) is 0 Å². The number of benzene rings is 2. The second-order valence-corrected chi connectivity index (χ2v) is 7.70. The average molecular weight is 410 g/mol. The van der Waals surface area contributed by atoms with Crippen molar-refractivity contribution < 1.29 is 9.47 Å². The third-order valence-electron chi connectivity index (χ3n) is 4.24. The SMILES string of the molecule is CCCCOc1ccc(/C=N/Nc2nc(-c3ccccc3)c(C)s2)cc1OCC. The lowest BCUT2D eigenvalue weighted by Crippen LogP contribution is -2.01. The van der Waals surface area contributed by atoms with Crippen molar-refractivity contribution in [1.29, 1.82) is 0 Å². The van der Waals surface area contributed by atoms with Gasteiger partial charge in [-0.2, -0.15) is 5.10 Å². The Morgan fingerprint density at radius 2 is 1.90 bits per heavy atom. The second-order valence-electron chi connectivity index (χ2n) is 6.50. The van der Waals surface area contributed by atoms with E-state index in [1.807, 2.05) is 43.3 Å². The Morgan fingerprint density at radius 3 is 2.66 bits per heavy atom. The zero-order chi connectivity index (χ0) is 20.5. The molecule has 0 saturated carbocycles. The quantitative estimate of drug-likeness (QED) is 0.248. The molecule has 0 saturated heterocycles. The van der Waals surface area contributed by atoms with Crippen molar-refractivity contribution in [2.75, 3.05) is 18.6 Å². The molecule has 0 fully saturated rings. The molecule has 0 unspecified atom stereocenters. The molecular formula is C23H27N3O2S. The van der Waals surface area contributed by atoms with Crippen LogP contribution < -0.4 is 14.9 Å². The number of rotatable bonds is 10. The molecule has 0 spiro atoms. The fourth-order valence-corrected chi connectivity index (χ4v) is 3.57. The highest BCUT2D eigenvalue weighted by atomic mass is 32.1. The number of unbranched alkanes of at least 4 members (excludes halogenated alkanes) is 1. The average Bonchev–Trinajstić information content (AvgIpc) is 3.11. The summed E-state index contributed by atoms with van der Waals surface area (Å²) in [4.78, 5) is 5.82. The minimum atomic E-state index is 0.587. The lowest BCUT2D eigenvalue weighted by molar-refractivity contribution is 0.272. The van der Waals surface area contributed by atoms with Crippen molar-refractivity contribution >= 4 is 22.7 Å². The van der Waals surface area contributed by atoms with Gasteiger partial charge >= 0.3 is 0 Å². The molecule has 6 heteroatoms. The number of hydrogen-bond donors (Lipinski definition) is 1. The van der Waals surface area contributed by atoms with Crippen LogP contribution in [0.3, 0.4) is 0 Å². The van der Waals surface area contributed by atoms with Gasteiger partial charge in [0.05, 0.1) is 25.1 Å². The molecule has 1 aromatic heterocycles. The lowest BCUT2D eigenvalue weighted by atomic mass is 10.1. The molecule has 152 valence electrons. The van der Waals surface area contributed by atoms with E-state index in [0.29, 0.717) is 13.2 Å². The summed E-state index contributed by atoms with van der Waals surface area (Å²) in [6, 6.07) is 16.0. The van der Waals surface area contributed by atoms with E-state index in [2.05, 4.69) is 41.5 Å². The Kier molecular flexibility index (Phi) is 7.64. The molecule has 3 rings (SSSR count). The third-order valence-corrected chi connectivity index (χ3v) is 5.12. The van der Waals surface area contributed by atoms with Crippen molar-refractivity contribution in [3.63, 3.8) is 0 Å². The summed E-state index contributed by atoms with van der Waals surface area (Å²) in [5.41, 5.74) is 6.06. The minimum Gasteiger partial charge on any atom is -0.490 e. The van der Waals surface area contributed by atoms with Gasteiger partial charge in [-0.05, 0) is 44.0 Å². The van der Waals surface area contributed by atoms with E-state index < -0.39 is 0 Å². The van der Waals surface area contributed by atoms with Crippen LogP contribution in [-0.2, 0) is 0 Å². The number of hydrazone groups is 1. The number of aryl methyl sites for hydroxylation is 1. The summed E-state index contributed by atoms with van der Waals surface area (Å²) < 4.78 is 11.5. The summed E-state index contributed by atoms with van der Waals surface area (Å²) in [5, 5.41) is 5.11. The number of aromatic nitrogens is 1. The van der Waals surface area contributed by atoms with Crippen LogP contribution in [0, 0.1) is 6.92 Å². The molecule has 1 heterocycles. The van der Waals surface area contributed by atoms with Gasteiger partial charge in [0.2, 0.25) is 5.13 Å². The summed E-state index contributed by atoms with van der Waals surface area (Å²) >= 11 is 1.59. The minimum absolute atomic E-state index is 0.587. The van der Waals surface area contributed by atoms with Crippen LogP contribution in [0.4, 0.5) is 5.13 Å². The van der Waals surface area contributed by atoms with Crippen LogP contribution in [0.1, 0.15) is 37.1 Å². The Morgan fingerprint density at radius 1 is 1.07 bits per heavy atom. The molecule has 0 atom stereocenters. The first-order chi connectivity index (χ1) is 14.2. The molecule has 0 aliphatic rings. The van der Waals surface area contributed by atoms with Gasteiger partial charge in [0.15, 0.2) is 11.5 Å². The van der Waals surface area contributed by atoms with Crippen LogP contribution in [0.5, 0.6) is 11.5 Å². The van der Waals surface area contributed by atoms with Crippen molar-refractivity contribution in [3.05, 3.63) is 59.0 Å². The number of anilines is 1. The van der Waals surface area contributed by atoms with Crippen molar-refractivity contribution in [3.8, 4) is 22.8 Å². The highest BCUT2D eigenvalue weighted by Gasteiger charge is 2.09. The van der Waals surface area contributed by atoms with Crippen molar-refractivity contribution in [2.45, 2.75) is 33.6 Å². The molecule has 0 aliphatic heterocycles. The number of nitrogens with zero attached hydrogens (tertiary/aromatic N) is 2. The predicted octanol–water partition coefficient (Wildman–Crippen LogP) is 6.14. The van der Waals surface area contributed by atoms with Crippen LogP contribution in [0.2, 0.25) is 0 Å². The van der Waals surface area contributed by atoms with Crippen LogP contribution >= 0.6 is 11.3 Å². The van der Waals surface area contributed by atoms with Gasteiger partial charge in [0, 0.05) is 10.4 Å². The fraction of sp³-hybridized carbons (Fsp3) is 0.304. The Labute approximate surface area is 176 Å². The number of thiazole rings is 1. The summed E-state index contributed by atoms with van der Waals surface area (Å²) in [7, 11) is 0. The molecule has 0 aliphatic carbocycles. The Balaban J connectivity index is 1.68. The topological polar surface area (TPSA) is 55.7 Å². The Hall–Kier alpha value is -2.86. The fourth-order valence-electron chi connectivity index (χ4n) is 2.79. The van der Waals surface area contributed by atoms with Crippen molar-refractivity contribution in [2.24, 2.45) is 5.10 Å². The van der Waals surface area contributed by atoms with Crippen molar-refractivity contribution in [1.82, 2.24) is 4.98 Å². The largest absolute Gasteiger partial charge is 0.490 e. The van der Waals surface area contributed by atoms with E-state index in [4.69, 9.17) is 9.47 Å². The summed E-state index contributed by atoms with van der Waals surface area (Å²) in [5.74, 6) is 1.51. The van der Waals surface area contributed by atoms with Gasteiger partial charge in [-0.25, -0.2) is 4.98 Å². The van der Waals surface area contributed by atoms with Crippen LogP contribution in [0.25, 0.3) is 11.3 Å². The first-order valence-electron chi connectivity index (χ1n) is 9.92. The van der Waals surface area contributed by atoms with Gasteiger partial charge in [-0.15, -0.1) is 11.3 Å². The van der Waals surface area contributed by atoms with Crippen LogP contribution in [0.15, 0.2) is 53.6 Å². The lowest BCUT2D eigenvalue weighted by Gasteiger charge is -2.12. The first kappa shape index (κ1) is 20.9. The highest BCUT2D eigenvalue weighted by molar-refractivity contribution is 7.15. The van der Waals surface area contributed by atoms with E-state index in [-0.39, 0.29) is 0 Å². The van der Waals surface area contributed by atoms with Gasteiger partial charge in [-0.3, -0.25) is 5.43 Å². The maximum absolute atomic E-state index is 5.82. The predicted molar refractivity (Wildman–Crippen MR) is 122 cm³/mol. The highest BCUT2D eigenvalue weighted by Crippen LogP contribution is 2.30. The third kappa shape index (κ3) is 5.81. The standard InChI is InChI=1S/C23H27N3O2S/c1-4-6-14-28-20-13-12-18(15-21(20)27-5-2)16-24-26-23-25-22(17(3)29-23)19-10-8-7-9-11-19/h7-13,15-16H,4-6,14H2,1-3H3,(H,25,26)/b24-16+. The van der Waals surface area contributed by atoms with E-state index >= 15 is 0 Å². The first-order valence-corrected chi connectivity index (χ1v) is 10.7. The van der Waals surface area contributed by atoms with Gasteiger partial charge in [0.1, 0.15) is 0 Å². The zero-order valence-electron chi connectivity index (χ0n) is 17.1. The maximum atomic E-state index is 5.82. The molecule has 5 nitrogen and oxygen atoms in total. The molecule has 3 aromatic rings. The second kappa shape index (κ2) is 10.6. The molecule has 0 bridgehead atoms. The summed E-state index contributed by atoms with van der Waals surface area (Å²) in [6.45, 7) is 7.46. The number of ether oxygens (including phenoxy) is 2. The smallest absolute Gasteiger partial charge is 0.204 e. The summed E-state index contributed by atoms with van der Waals surface area (Å²) in [6.07, 6.45) is 3.89. The molecule has 2 aromatic carbocycles. The normalized spacial score (nSPS) is 11.0. The van der Waals surface area contributed by atoms with Gasteiger partial charge in [-0.1, -0.05) is 43.7 Å². The molecule has 29 heavy (non-hydrogen) atoms. The maximum Gasteiger partial charge on any atom is 0.204 e. The van der Waals surface area contributed by atoms with Crippen LogP contribution in [-0.4, -0.2) is 24.4 Å².